The molecule has 102 valence electrons. The van der Waals surface area contributed by atoms with Crippen LogP contribution in [-0.4, -0.2) is 24.7 Å². The Morgan fingerprint density at radius 2 is 2.05 bits per heavy atom. The maximum absolute atomic E-state index is 12.0. The predicted octanol–water partition coefficient (Wildman–Crippen LogP) is 0.398. The summed E-state index contributed by atoms with van der Waals surface area (Å²) in [7, 11) is -1.89. The van der Waals surface area contributed by atoms with Gasteiger partial charge in [-0.15, -0.1) is 0 Å². The number of rotatable bonds is 5. The molecule has 1 heterocycles. The summed E-state index contributed by atoms with van der Waals surface area (Å²) in [4.78, 5) is 0.135. The highest BCUT2D eigenvalue weighted by molar-refractivity contribution is 7.89. The lowest BCUT2D eigenvalue weighted by molar-refractivity contribution is 0.572. The number of nitrogens with one attached hydrogen (secondary N) is 1. The third kappa shape index (κ3) is 3.40. The molecule has 7 heteroatoms. The molecule has 6 nitrogen and oxygen atoms in total. The number of hydrogen-bond donors (Lipinski definition) is 2. The summed E-state index contributed by atoms with van der Waals surface area (Å²) in [6, 6.07) is 8.96. The van der Waals surface area contributed by atoms with E-state index in [9.17, 15) is 8.42 Å². The van der Waals surface area contributed by atoms with Crippen molar-refractivity contribution < 1.29 is 8.42 Å². The van der Waals surface area contributed by atoms with Crippen LogP contribution in [0.25, 0.3) is 0 Å². The van der Waals surface area contributed by atoms with Gasteiger partial charge in [-0.2, -0.15) is 5.10 Å². The Bertz CT molecular complexity index is 637. The fraction of sp³-hybridized carbons (Fsp3) is 0.250. The Labute approximate surface area is 112 Å². The minimum atomic E-state index is -3.56. The van der Waals surface area contributed by atoms with E-state index in [1.54, 1.807) is 7.05 Å². The molecule has 0 aliphatic heterocycles. The van der Waals surface area contributed by atoms with Gasteiger partial charge in [0.15, 0.2) is 0 Å². The number of benzene rings is 1. The average molecular weight is 280 g/mol. The third-order valence-corrected chi connectivity index (χ3v) is 4.09. The van der Waals surface area contributed by atoms with Crippen molar-refractivity contribution in [2.24, 2.45) is 12.8 Å². The van der Waals surface area contributed by atoms with E-state index in [2.05, 4.69) is 9.82 Å². The van der Waals surface area contributed by atoms with Gasteiger partial charge in [-0.1, -0.05) is 30.3 Å². The van der Waals surface area contributed by atoms with Crippen molar-refractivity contribution in [2.45, 2.75) is 10.9 Å². The van der Waals surface area contributed by atoms with Crippen LogP contribution in [0.4, 0.5) is 0 Å². The minimum absolute atomic E-state index is 0.135. The van der Waals surface area contributed by atoms with Crippen molar-refractivity contribution in [3.63, 3.8) is 0 Å². The fourth-order valence-electron chi connectivity index (χ4n) is 1.64. The zero-order valence-corrected chi connectivity index (χ0v) is 11.3. The van der Waals surface area contributed by atoms with Crippen molar-refractivity contribution in [2.75, 3.05) is 6.54 Å². The van der Waals surface area contributed by atoms with Crippen LogP contribution < -0.4 is 10.5 Å². The summed E-state index contributed by atoms with van der Waals surface area (Å²) in [6.45, 7) is 0.140. The van der Waals surface area contributed by atoms with E-state index in [-0.39, 0.29) is 17.5 Å². The highest BCUT2D eigenvalue weighted by Gasteiger charge is 2.17. The van der Waals surface area contributed by atoms with E-state index in [4.69, 9.17) is 5.73 Å². The van der Waals surface area contributed by atoms with E-state index in [1.165, 1.54) is 17.1 Å². The lowest BCUT2D eigenvalue weighted by Gasteiger charge is -2.12. The van der Waals surface area contributed by atoms with Crippen LogP contribution in [-0.2, 0) is 17.1 Å². The minimum Gasteiger partial charge on any atom is -0.323 e. The molecule has 19 heavy (non-hydrogen) atoms. The van der Waals surface area contributed by atoms with Gasteiger partial charge in [0.1, 0.15) is 4.90 Å². The number of nitrogens with zero attached hydrogens (tertiary/aromatic N) is 2. The zero-order chi connectivity index (χ0) is 13.9. The first-order chi connectivity index (χ1) is 8.99. The Balaban J connectivity index is 2.03. The number of nitrogens with two attached hydrogens (primary N) is 1. The first kappa shape index (κ1) is 13.7. The van der Waals surface area contributed by atoms with Gasteiger partial charge in [-0.05, 0) is 5.56 Å². The van der Waals surface area contributed by atoms with Crippen molar-refractivity contribution >= 4 is 10.0 Å². The Morgan fingerprint density at radius 3 is 2.63 bits per heavy atom. The smallest absolute Gasteiger partial charge is 0.243 e. The van der Waals surface area contributed by atoms with Crippen LogP contribution >= 0.6 is 0 Å². The maximum atomic E-state index is 12.0. The second kappa shape index (κ2) is 5.52. The van der Waals surface area contributed by atoms with Gasteiger partial charge >= 0.3 is 0 Å². The number of aromatic nitrogens is 2. The molecule has 0 bridgehead atoms. The third-order valence-electron chi connectivity index (χ3n) is 2.71. The van der Waals surface area contributed by atoms with Gasteiger partial charge in [-0.25, -0.2) is 13.1 Å². The van der Waals surface area contributed by atoms with Gasteiger partial charge < -0.3 is 5.73 Å². The topological polar surface area (TPSA) is 90.0 Å². The number of sulfonamides is 1. The Kier molecular flexibility index (Phi) is 3.98. The van der Waals surface area contributed by atoms with E-state index in [1.807, 2.05) is 30.3 Å². The van der Waals surface area contributed by atoms with E-state index in [0.717, 1.165) is 5.56 Å². The molecule has 0 aliphatic carbocycles. The predicted molar refractivity (Wildman–Crippen MR) is 71.8 cm³/mol. The first-order valence-electron chi connectivity index (χ1n) is 5.78. The Morgan fingerprint density at radius 1 is 1.37 bits per heavy atom. The molecule has 3 N–H and O–H groups in total. The molecular formula is C12H16N4O2S. The first-order valence-corrected chi connectivity index (χ1v) is 7.26. The van der Waals surface area contributed by atoms with Crippen molar-refractivity contribution in [3.8, 4) is 0 Å². The lowest BCUT2D eigenvalue weighted by Crippen LogP contribution is -2.31. The van der Waals surface area contributed by atoms with Crippen molar-refractivity contribution in [3.05, 3.63) is 48.3 Å². The van der Waals surface area contributed by atoms with Crippen LogP contribution in [0.2, 0.25) is 0 Å². The molecule has 0 saturated carbocycles. The molecule has 0 saturated heterocycles. The summed E-state index contributed by atoms with van der Waals surface area (Å²) in [5, 5.41) is 3.83. The van der Waals surface area contributed by atoms with Gasteiger partial charge in [0.05, 0.1) is 6.20 Å². The van der Waals surface area contributed by atoms with Crippen LogP contribution in [0.5, 0.6) is 0 Å². The van der Waals surface area contributed by atoms with E-state index < -0.39 is 10.0 Å². The van der Waals surface area contributed by atoms with Crippen molar-refractivity contribution in [1.82, 2.24) is 14.5 Å². The summed E-state index contributed by atoms with van der Waals surface area (Å²) in [6.07, 6.45) is 2.74. The SMILES string of the molecule is Cn1cc(S(=O)(=O)NC[C@@H](N)c2ccccc2)cn1. The molecule has 1 aromatic carbocycles. The zero-order valence-electron chi connectivity index (χ0n) is 10.5. The Hall–Kier alpha value is -1.70. The largest absolute Gasteiger partial charge is 0.323 e. The monoisotopic (exact) mass is 280 g/mol. The molecule has 0 amide bonds. The summed E-state index contributed by atoms with van der Waals surface area (Å²) >= 11 is 0. The molecule has 2 aromatic rings. The van der Waals surface area contributed by atoms with Crippen LogP contribution in [0.1, 0.15) is 11.6 Å². The fourth-order valence-corrected chi connectivity index (χ4v) is 2.68. The highest BCUT2D eigenvalue weighted by atomic mass is 32.2. The molecule has 0 aliphatic rings. The second-order valence-corrected chi connectivity index (χ2v) is 5.99. The lowest BCUT2D eigenvalue weighted by atomic mass is 10.1. The normalized spacial score (nSPS) is 13.4. The van der Waals surface area contributed by atoms with Gasteiger partial charge in [0.2, 0.25) is 10.0 Å². The molecule has 0 fully saturated rings. The molecular weight excluding hydrogens is 264 g/mol. The maximum Gasteiger partial charge on any atom is 0.243 e. The molecule has 0 radical (unpaired) electrons. The second-order valence-electron chi connectivity index (χ2n) is 4.22. The van der Waals surface area contributed by atoms with Gasteiger partial charge in [0.25, 0.3) is 0 Å². The van der Waals surface area contributed by atoms with E-state index in [0.29, 0.717) is 0 Å². The summed E-state index contributed by atoms with van der Waals surface area (Å²) in [5.41, 5.74) is 6.82. The highest BCUT2D eigenvalue weighted by Crippen LogP contribution is 2.10. The van der Waals surface area contributed by atoms with Gasteiger partial charge in [-0.3, -0.25) is 4.68 Å². The molecule has 0 spiro atoms. The molecule has 2 rings (SSSR count). The number of hydrogen-bond acceptors (Lipinski definition) is 4. The number of aryl methyl sites for hydroxylation is 1. The van der Waals surface area contributed by atoms with Crippen molar-refractivity contribution in [1.29, 1.82) is 0 Å². The standard InChI is InChI=1S/C12H16N4O2S/c1-16-9-11(7-14-16)19(17,18)15-8-12(13)10-5-3-2-4-6-10/h2-7,9,12,15H,8,13H2,1H3/t12-/m1/s1. The summed E-state index contributed by atoms with van der Waals surface area (Å²) in [5.74, 6) is 0. The molecule has 0 unspecified atom stereocenters. The van der Waals surface area contributed by atoms with E-state index >= 15 is 0 Å². The molecule has 1 atom stereocenters. The van der Waals surface area contributed by atoms with Crippen LogP contribution in [0, 0.1) is 0 Å². The summed E-state index contributed by atoms with van der Waals surface area (Å²) < 4.78 is 27.8. The van der Waals surface area contributed by atoms with Gasteiger partial charge in [0, 0.05) is 25.8 Å². The average Bonchev–Trinajstić information content (AvgIpc) is 2.85. The van der Waals surface area contributed by atoms with Crippen LogP contribution in [0.15, 0.2) is 47.6 Å². The van der Waals surface area contributed by atoms with Crippen LogP contribution in [0.3, 0.4) is 0 Å². The molecule has 1 aromatic heterocycles. The quantitative estimate of drug-likeness (QED) is 0.829.